The molecule has 0 aromatic heterocycles. The predicted molar refractivity (Wildman–Crippen MR) is 124 cm³/mol. The normalized spacial score (nSPS) is 20.4. The van der Waals surface area contributed by atoms with Gasteiger partial charge in [-0.25, -0.2) is 18.0 Å². The molecule has 1 N–H and O–H groups in total. The SMILES string of the molecule is CCCOc1ccc(N2C(=O)CC(N3CCC(NS(=O)(=O)c4ccccc4)CC3)C2=O)cc1. The minimum Gasteiger partial charge on any atom is -0.494 e. The van der Waals surface area contributed by atoms with Gasteiger partial charge in [-0.15, -0.1) is 0 Å². The summed E-state index contributed by atoms with van der Waals surface area (Å²) in [5, 5.41) is 0. The summed E-state index contributed by atoms with van der Waals surface area (Å²) in [5.74, 6) is 0.251. The fourth-order valence-electron chi connectivity index (χ4n) is 4.30. The summed E-state index contributed by atoms with van der Waals surface area (Å²) in [6.45, 7) is 3.73. The number of nitrogens with zero attached hydrogens (tertiary/aromatic N) is 2. The summed E-state index contributed by atoms with van der Waals surface area (Å²) in [6, 6.07) is 14.6. The Morgan fingerprint density at radius 1 is 1.00 bits per heavy atom. The maximum absolute atomic E-state index is 13.1. The number of likely N-dealkylation sites (tertiary alicyclic amines) is 1. The molecule has 2 amide bonds. The van der Waals surface area contributed by atoms with Gasteiger partial charge in [0.2, 0.25) is 15.9 Å². The minimum absolute atomic E-state index is 0.132. The van der Waals surface area contributed by atoms with Crippen LogP contribution in [0.15, 0.2) is 59.5 Å². The zero-order chi connectivity index (χ0) is 23.4. The number of nitrogens with one attached hydrogen (secondary N) is 1. The van der Waals surface area contributed by atoms with Crippen molar-refractivity contribution in [2.45, 2.75) is 49.6 Å². The molecule has 2 aromatic carbocycles. The Hall–Kier alpha value is -2.75. The Kier molecular flexibility index (Phi) is 7.11. The standard InChI is InChI=1S/C24H29N3O5S/c1-2-16-32-20-10-8-19(9-11-20)27-23(28)17-22(24(27)29)26-14-12-18(13-15-26)25-33(30,31)21-6-4-3-5-7-21/h3-11,18,22,25H,2,12-17H2,1H3. The molecule has 2 saturated heterocycles. The highest BCUT2D eigenvalue weighted by atomic mass is 32.2. The van der Waals surface area contributed by atoms with Gasteiger partial charge in [-0.05, 0) is 55.7 Å². The van der Waals surface area contributed by atoms with Crippen molar-refractivity contribution in [3.8, 4) is 5.75 Å². The number of hydrogen-bond acceptors (Lipinski definition) is 6. The zero-order valence-electron chi connectivity index (χ0n) is 18.6. The second kappa shape index (κ2) is 10.0. The number of amides is 2. The minimum atomic E-state index is -3.58. The summed E-state index contributed by atoms with van der Waals surface area (Å²) in [4.78, 5) is 29.2. The van der Waals surface area contributed by atoms with Crippen molar-refractivity contribution in [1.29, 1.82) is 0 Å². The molecule has 1 unspecified atom stereocenters. The molecule has 2 fully saturated rings. The quantitative estimate of drug-likeness (QED) is 0.595. The second-order valence-corrected chi connectivity index (χ2v) is 10.1. The lowest BCUT2D eigenvalue weighted by molar-refractivity contribution is -0.123. The van der Waals surface area contributed by atoms with Gasteiger partial charge in [0.05, 0.1) is 29.7 Å². The first-order valence-electron chi connectivity index (χ1n) is 11.3. The first kappa shape index (κ1) is 23.4. The van der Waals surface area contributed by atoms with E-state index in [1.54, 1.807) is 54.6 Å². The summed E-state index contributed by atoms with van der Waals surface area (Å²) in [7, 11) is -3.58. The zero-order valence-corrected chi connectivity index (χ0v) is 19.5. The lowest BCUT2D eigenvalue weighted by atomic mass is 10.0. The second-order valence-electron chi connectivity index (χ2n) is 8.37. The number of sulfonamides is 1. The highest BCUT2D eigenvalue weighted by Gasteiger charge is 2.43. The largest absolute Gasteiger partial charge is 0.494 e. The highest BCUT2D eigenvalue weighted by molar-refractivity contribution is 7.89. The molecular formula is C24H29N3O5S. The molecule has 1 atom stereocenters. The van der Waals surface area contributed by atoms with Gasteiger partial charge >= 0.3 is 0 Å². The van der Waals surface area contributed by atoms with E-state index in [-0.39, 0.29) is 29.2 Å². The first-order valence-corrected chi connectivity index (χ1v) is 12.8. The van der Waals surface area contributed by atoms with E-state index in [1.165, 1.54) is 4.90 Å². The number of ether oxygens (including phenoxy) is 1. The molecule has 0 radical (unpaired) electrons. The van der Waals surface area contributed by atoms with E-state index in [2.05, 4.69) is 4.72 Å². The number of hydrogen-bond donors (Lipinski definition) is 1. The molecule has 2 heterocycles. The molecule has 176 valence electrons. The van der Waals surface area contributed by atoms with Crippen LogP contribution in [0.25, 0.3) is 0 Å². The molecule has 9 heteroatoms. The van der Waals surface area contributed by atoms with Crippen LogP contribution < -0.4 is 14.4 Å². The molecule has 2 aliphatic heterocycles. The monoisotopic (exact) mass is 471 g/mol. The molecule has 0 aliphatic carbocycles. The van der Waals surface area contributed by atoms with E-state index in [4.69, 9.17) is 4.74 Å². The number of imide groups is 1. The third-order valence-electron chi connectivity index (χ3n) is 6.04. The third kappa shape index (κ3) is 5.26. The molecule has 4 rings (SSSR count). The van der Waals surface area contributed by atoms with Gasteiger partial charge < -0.3 is 4.74 Å². The van der Waals surface area contributed by atoms with Gasteiger partial charge in [-0.3, -0.25) is 14.5 Å². The van der Waals surface area contributed by atoms with Crippen molar-refractivity contribution in [2.24, 2.45) is 0 Å². The Balaban J connectivity index is 1.35. The van der Waals surface area contributed by atoms with Crippen LogP contribution >= 0.6 is 0 Å². The van der Waals surface area contributed by atoms with Crippen molar-refractivity contribution in [2.75, 3.05) is 24.6 Å². The van der Waals surface area contributed by atoms with Crippen molar-refractivity contribution in [3.05, 3.63) is 54.6 Å². The number of piperidine rings is 1. The Morgan fingerprint density at radius 2 is 1.67 bits per heavy atom. The van der Waals surface area contributed by atoms with Crippen LogP contribution in [0.4, 0.5) is 5.69 Å². The van der Waals surface area contributed by atoms with Crippen LogP contribution in [0.5, 0.6) is 5.75 Å². The first-order chi connectivity index (χ1) is 15.9. The fraction of sp³-hybridized carbons (Fsp3) is 0.417. The topological polar surface area (TPSA) is 96.0 Å². The number of rotatable bonds is 8. The lowest BCUT2D eigenvalue weighted by Gasteiger charge is -2.34. The average Bonchev–Trinajstić information content (AvgIpc) is 3.12. The predicted octanol–water partition coefficient (Wildman–Crippen LogP) is 2.55. The van der Waals surface area contributed by atoms with Crippen LogP contribution in [0, 0.1) is 0 Å². The molecule has 0 saturated carbocycles. The smallest absolute Gasteiger partial charge is 0.251 e. The molecule has 0 spiro atoms. The molecule has 8 nitrogen and oxygen atoms in total. The van der Waals surface area contributed by atoms with Gasteiger partial charge in [0.15, 0.2) is 0 Å². The Bertz CT molecular complexity index is 1080. The lowest BCUT2D eigenvalue weighted by Crippen LogP contribution is -2.50. The van der Waals surface area contributed by atoms with Gasteiger partial charge in [0.25, 0.3) is 5.91 Å². The van der Waals surface area contributed by atoms with Crippen molar-refractivity contribution < 1.29 is 22.7 Å². The summed E-state index contributed by atoms with van der Waals surface area (Å²) >= 11 is 0. The van der Waals surface area contributed by atoms with E-state index in [9.17, 15) is 18.0 Å². The van der Waals surface area contributed by atoms with E-state index in [1.807, 2.05) is 11.8 Å². The van der Waals surface area contributed by atoms with Crippen LogP contribution in [0.1, 0.15) is 32.6 Å². The third-order valence-corrected chi connectivity index (χ3v) is 7.57. The number of benzene rings is 2. The van der Waals surface area contributed by atoms with Gasteiger partial charge in [-0.1, -0.05) is 25.1 Å². The number of anilines is 1. The molecule has 33 heavy (non-hydrogen) atoms. The van der Waals surface area contributed by atoms with Crippen LogP contribution in [-0.2, 0) is 19.6 Å². The van der Waals surface area contributed by atoms with E-state index < -0.39 is 16.1 Å². The van der Waals surface area contributed by atoms with Gasteiger partial charge in [0.1, 0.15) is 5.75 Å². The molecular weight excluding hydrogens is 442 g/mol. The maximum atomic E-state index is 13.1. The average molecular weight is 472 g/mol. The summed E-state index contributed by atoms with van der Waals surface area (Å²) in [5.41, 5.74) is 0.543. The van der Waals surface area contributed by atoms with Crippen molar-refractivity contribution in [3.63, 3.8) is 0 Å². The van der Waals surface area contributed by atoms with Crippen molar-refractivity contribution in [1.82, 2.24) is 9.62 Å². The Morgan fingerprint density at radius 3 is 2.30 bits per heavy atom. The number of carbonyl (C=O) groups is 2. The van der Waals surface area contributed by atoms with Crippen molar-refractivity contribution >= 4 is 27.5 Å². The molecule has 2 aliphatic rings. The van der Waals surface area contributed by atoms with E-state index in [0.717, 1.165) is 6.42 Å². The maximum Gasteiger partial charge on any atom is 0.251 e. The molecule has 0 bridgehead atoms. The van der Waals surface area contributed by atoms with Gasteiger partial charge in [-0.2, -0.15) is 0 Å². The van der Waals surface area contributed by atoms with Crippen LogP contribution in [-0.4, -0.2) is 56.9 Å². The fourth-order valence-corrected chi connectivity index (χ4v) is 5.63. The summed E-state index contributed by atoms with van der Waals surface area (Å²) in [6.07, 6.45) is 2.19. The number of carbonyl (C=O) groups excluding carboxylic acids is 2. The van der Waals surface area contributed by atoms with E-state index in [0.29, 0.717) is 44.0 Å². The Labute approximate surface area is 194 Å². The summed E-state index contributed by atoms with van der Waals surface area (Å²) < 4.78 is 33.5. The van der Waals surface area contributed by atoms with Crippen LogP contribution in [0.2, 0.25) is 0 Å². The van der Waals surface area contributed by atoms with Gasteiger partial charge in [0, 0.05) is 19.1 Å². The van der Waals surface area contributed by atoms with E-state index >= 15 is 0 Å². The highest BCUT2D eigenvalue weighted by Crippen LogP contribution is 2.29. The van der Waals surface area contributed by atoms with Crippen LogP contribution in [0.3, 0.4) is 0 Å². The molecule has 2 aromatic rings.